The summed E-state index contributed by atoms with van der Waals surface area (Å²) in [6.45, 7) is 5.64. The van der Waals surface area contributed by atoms with E-state index in [2.05, 4.69) is 29.5 Å². The lowest BCUT2D eigenvalue weighted by molar-refractivity contribution is 0.441. The molecule has 0 saturated heterocycles. The van der Waals surface area contributed by atoms with E-state index < -0.39 is 0 Å². The van der Waals surface area contributed by atoms with Gasteiger partial charge in [0, 0.05) is 22.9 Å². The summed E-state index contributed by atoms with van der Waals surface area (Å²) in [5.41, 5.74) is 0. The largest absolute Gasteiger partial charge is 0.314 e. The van der Waals surface area contributed by atoms with Crippen LogP contribution in [-0.4, -0.2) is 22.8 Å². The Hall–Kier alpha value is -0.0600. The van der Waals surface area contributed by atoms with Gasteiger partial charge in [0.05, 0.1) is 0 Å². The molecule has 0 spiro atoms. The van der Waals surface area contributed by atoms with Gasteiger partial charge in [0.2, 0.25) is 0 Å². The van der Waals surface area contributed by atoms with Crippen molar-refractivity contribution in [1.29, 1.82) is 0 Å². The molecular formula is C11H18N2S2. The first-order chi connectivity index (χ1) is 7.31. The fourth-order valence-corrected chi connectivity index (χ4v) is 4.40. The Kier molecular flexibility index (Phi) is 4.05. The maximum absolute atomic E-state index is 4.35. The zero-order valence-electron chi connectivity index (χ0n) is 9.27. The molecule has 1 aromatic heterocycles. The lowest BCUT2D eigenvalue weighted by Gasteiger charge is -2.20. The van der Waals surface area contributed by atoms with Gasteiger partial charge in [-0.05, 0) is 25.3 Å². The molecule has 0 aliphatic heterocycles. The third-order valence-corrected chi connectivity index (χ3v) is 5.53. The van der Waals surface area contributed by atoms with Gasteiger partial charge in [0.1, 0.15) is 4.34 Å². The standard InChI is InChI=1S/C11H18N2S2/c1-3-12-9-4-5-10(8(9)2)15-11-13-6-7-14-11/h6-10,12H,3-5H2,1-2H3. The van der Waals surface area contributed by atoms with Crippen LogP contribution in [0.15, 0.2) is 15.9 Å². The van der Waals surface area contributed by atoms with Crippen LogP contribution in [0.5, 0.6) is 0 Å². The van der Waals surface area contributed by atoms with Gasteiger partial charge in [-0.25, -0.2) is 4.98 Å². The van der Waals surface area contributed by atoms with Crippen molar-refractivity contribution in [3.63, 3.8) is 0 Å². The molecule has 0 amide bonds. The summed E-state index contributed by atoms with van der Waals surface area (Å²) in [5, 5.41) is 6.38. The van der Waals surface area contributed by atoms with E-state index in [4.69, 9.17) is 0 Å². The first kappa shape index (κ1) is 11.4. The van der Waals surface area contributed by atoms with Crippen molar-refractivity contribution in [1.82, 2.24) is 10.3 Å². The van der Waals surface area contributed by atoms with E-state index in [1.165, 1.54) is 17.2 Å². The second-order valence-corrected chi connectivity index (χ2v) is 6.44. The summed E-state index contributed by atoms with van der Waals surface area (Å²) in [4.78, 5) is 4.35. The number of hydrogen-bond donors (Lipinski definition) is 1. The van der Waals surface area contributed by atoms with E-state index >= 15 is 0 Å². The number of thiazole rings is 1. The van der Waals surface area contributed by atoms with Crippen molar-refractivity contribution < 1.29 is 0 Å². The van der Waals surface area contributed by atoms with E-state index in [0.717, 1.165) is 17.7 Å². The lowest BCUT2D eigenvalue weighted by Crippen LogP contribution is -2.32. The number of thioether (sulfide) groups is 1. The average molecular weight is 242 g/mol. The minimum absolute atomic E-state index is 0.715. The fourth-order valence-electron chi connectivity index (χ4n) is 2.24. The zero-order valence-corrected chi connectivity index (χ0v) is 10.9. The minimum atomic E-state index is 0.715. The molecule has 3 atom stereocenters. The molecule has 1 N–H and O–H groups in total. The quantitative estimate of drug-likeness (QED) is 0.878. The molecule has 4 heteroatoms. The highest BCUT2D eigenvalue weighted by Gasteiger charge is 2.33. The van der Waals surface area contributed by atoms with Gasteiger partial charge >= 0.3 is 0 Å². The van der Waals surface area contributed by atoms with Gasteiger partial charge < -0.3 is 5.32 Å². The van der Waals surface area contributed by atoms with Crippen molar-refractivity contribution in [2.45, 2.75) is 42.3 Å². The first-order valence-electron chi connectivity index (χ1n) is 5.60. The molecule has 1 fully saturated rings. The van der Waals surface area contributed by atoms with Crippen LogP contribution >= 0.6 is 23.1 Å². The maximum Gasteiger partial charge on any atom is 0.150 e. The highest BCUT2D eigenvalue weighted by molar-refractivity contribution is 8.01. The molecule has 2 nitrogen and oxygen atoms in total. The van der Waals surface area contributed by atoms with Crippen LogP contribution in [0.25, 0.3) is 0 Å². The van der Waals surface area contributed by atoms with Gasteiger partial charge in [-0.2, -0.15) is 0 Å². The molecule has 84 valence electrons. The van der Waals surface area contributed by atoms with Crippen molar-refractivity contribution in [2.75, 3.05) is 6.54 Å². The number of nitrogens with zero attached hydrogens (tertiary/aromatic N) is 1. The smallest absolute Gasteiger partial charge is 0.150 e. The summed E-state index contributed by atoms with van der Waals surface area (Å²) in [6, 6.07) is 0.715. The predicted octanol–water partition coefficient (Wildman–Crippen LogP) is 3.01. The summed E-state index contributed by atoms with van der Waals surface area (Å²) in [7, 11) is 0. The first-order valence-corrected chi connectivity index (χ1v) is 7.36. The Balaban J connectivity index is 1.89. The highest BCUT2D eigenvalue weighted by atomic mass is 32.2. The van der Waals surface area contributed by atoms with Crippen LogP contribution < -0.4 is 5.32 Å². The number of rotatable bonds is 4. The molecule has 0 aromatic carbocycles. The van der Waals surface area contributed by atoms with Gasteiger partial charge in [-0.3, -0.25) is 0 Å². The van der Waals surface area contributed by atoms with Crippen molar-refractivity contribution in [3.8, 4) is 0 Å². The summed E-state index contributed by atoms with van der Waals surface area (Å²) < 4.78 is 1.23. The molecule has 15 heavy (non-hydrogen) atoms. The summed E-state index contributed by atoms with van der Waals surface area (Å²) >= 11 is 3.72. The van der Waals surface area contributed by atoms with Crippen molar-refractivity contribution in [3.05, 3.63) is 11.6 Å². The number of hydrogen-bond acceptors (Lipinski definition) is 4. The Morgan fingerprint density at radius 3 is 3.13 bits per heavy atom. The zero-order chi connectivity index (χ0) is 10.7. The molecule has 0 bridgehead atoms. The highest BCUT2D eigenvalue weighted by Crippen LogP contribution is 2.39. The molecule has 1 aliphatic rings. The molecule has 2 rings (SSSR count). The average Bonchev–Trinajstić information content (AvgIpc) is 2.83. The van der Waals surface area contributed by atoms with Crippen LogP contribution in [0, 0.1) is 5.92 Å². The third kappa shape index (κ3) is 2.74. The van der Waals surface area contributed by atoms with E-state index in [9.17, 15) is 0 Å². The van der Waals surface area contributed by atoms with E-state index in [0.29, 0.717) is 6.04 Å². The van der Waals surface area contributed by atoms with E-state index in [1.54, 1.807) is 11.3 Å². The lowest BCUT2D eigenvalue weighted by atomic mass is 10.1. The summed E-state index contributed by atoms with van der Waals surface area (Å²) in [6.07, 6.45) is 4.54. The second kappa shape index (κ2) is 5.32. The SMILES string of the molecule is CCNC1CCC(Sc2nccs2)C1C. The van der Waals surface area contributed by atoms with Crippen molar-refractivity contribution >= 4 is 23.1 Å². The third-order valence-electron chi connectivity index (χ3n) is 3.11. The molecule has 3 unspecified atom stereocenters. The minimum Gasteiger partial charge on any atom is -0.314 e. The van der Waals surface area contributed by atoms with Crippen LogP contribution in [0.4, 0.5) is 0 Å². The van der Waals surface area contributed by atoms with E-state index in [1.807, 2.05) is 18.0 Å². The van der Waals surface area contributed by atoms with Crippen LogP contribution in [-0.2, 0) is 0 Å². The van der Waals surface area contributed by atoms with Crippen LogP contribution in [0.2, 0.25) is 0 Å². The topological polar surface area (TPSA) is 24.9 Å². The predicted molar refractivity (Wildman–Crippen MR) is 67.6 cm³/mol. The maximum atomic E-state index is 4.35. The molecule has 1 aromatic rings. The monoisotopic (exact) mass is 242 g/mol. The van der Waals surface area contributed by atoms with Crippen LogP contribution in [0.1, 0.15) is 26.7 Å². The molecule has 0 radical (unpaired) electrons. The van der Waals surface area contributed by atoms with Gasteiger partial charge in [0.25, 0.3) is 0 Å². The second-order valence-electron chi connectivity index (χ2n) is 4.05. The number of nitrogens with one attached hydrogen (secondary N) is 1. The molecule has 1 heterocycles. The summed E-state index contributed by atoms with van der Waals surface area (Å²) in [5.74, 6) is 0.763. The number of aromatic nitrogens is 1. The Labute approximate surface area is 99.9 Å². The normalized spacial score (nSPS) is 30.9. The van der Waals surface area contributed by atoms with Gasteiger partial charge in [-0.1, -0.05) is 25.6 Å². The van der Waals surface area contributed by atoms with Crippen molar-refractivity contribution in [2.24, 2.45) is 5.92 Å². The molecule has 1 saturated carbocycles. The molecular weight excluding hydrogens is 224 g/mol. The van der Waals surface area contributed by atoms with E-state index in [-0.39, 0.29) is 0 Å². The van der Waals surface area contributed by atoms with Gasteiger partial charge in [0.15, 0.2) is 0 Å². The fraction of sp³-hybridized carbons (Fsp3) is 0.727. The van der Waals surface area contributed by atoms with Crippen LogP contribution in [0.3, 0.4) is 0 Å². The molecule has 1 aliphatic carbocycles. The Morgan fingerprint density at radius 2 is 2.47 bits per heavy atom. The van der Waals surface area contributed by atoms with Gasteiger partial charge in [-0.15, -0.1) is 11.3 Å². The Morgan fingerprint density at radius 1 is 1.60 bits per heavy atom. The Bertz CT molecular complexity index is 287.